The van der Waals surface area contributed by atoms with E-state index in [-0.39, 0.29) is 34.7 Å². The van der Waals surface area contributed by atoms with Gasteiger partial charge in [-0.2, -0.15) is 0 Å². The third-order valence-corrected chi connectivity index (χ3v) is 5.80. The fourth-order valence-corrected chi connectivity index (χ4v) is 3.87. The van der Waals surface area contributed by atoms with Crippen LogP contribution in [0.4, 0.5) is 5.82 Å². The van der Waals surface area contributed by atoms with Crippen molar-refractivity contribution in [2.24, 2.45) is 0 Å². The minimum atomic E-state index is -0.334. The van der Waals surface area contributed by atoms with Crippen LogP contribution in [0.1, 0.15) is 32.7 Å². The van der Waals surface area contributed by atoms with Gasteiger partial charge in [-0.25, -0.2) is 4.98 Å². The van der Waals surface area contributed by atoms with E-state index in [1.807, 2.05) is 13.0 Å². The van der Waals surface area contributed by atoms with E-state index in [0.717, 1.165) is 16.8 Å². The van der Waals surface area contributed by atoms with Crippen LogP contribution in [0.2, 0.25) is 5.02 Å². The molecule has 2 aromatic rings. The molecule has 1 aromatic carbocycles. The summed E-state index contributed by atoms with van der Waals surface area (Å²) in [5, 5.41) is 10.7. The van der Waals surface area contributed by atoms with E-state index in [1.54, 1.807) is 18.9 Å². The standard InChI is InChI=1S/C22H24ClN3O4/c1-6-18(28)25(4)21-12(2)9-14-7-8-26(11-15(14)24-21)22(29)19-13(3)20(23)17(30-5)10-16(19)27/h6,9-10,27H,1,7-8,11H2,2-5H3. The molecule has 0 saturated heterocycles. The number of carbonyl (C=O) groups is 2. The first-order valence-corrected chi connectivity index (χ1v) is 9.82. The van der Waals surface area contributed by atoms with Crippen molar-refractivity contribution in [3.8, 4) is 11.5 Å². The summed E-state index contributed by atoms with van der Waals surface area (Å²) in [6.45, 7) is 7.83. The summed E-state index contributed by atoms with van der Waals surface area (Å²) >= 11 is 6.29. The Hall–Kier alpha value is -3.06. The van der Waals surface area contributed by atoms with Crippen LogP contribution in [0.15, 0.2) is 24.8 Å². The van der Waals surface area contributed by atoms with Crippen molar-refractivity contribution in [1.29, 1.82) is 0 Å². The van der Waals surface area contributed by atoms with E-state index in [0.29, 0.717) is 30.1 Å². The molecule has 0 radical (unpaired) electrons. The van der Waals surface area contributed by atoms with Crippen molar-refractivity contribution in [3.05, 3.63) is 57.8 Å². The van der Waals surface area contributed by atoms with E-state index in [9.17, 15) is 14.7 Å². The number of rotatable bonds is 4. The lowest BCUT2D eigenvalue weighted by Gasteiger charge is -2.30. The number of nitrogens with zero attached hydrogens (tertiary/aromatic N) is 3. The molecule has 0 aliphatic carbocycles. The number of fused-ring (bicyclic) bond motifs is 1. The molecule has 1 N–H and O–H groups in total. The monoisotopic (exact) mass is 429 g/mol. The number of anilines is 1. The molecule has 2 amide bonds. The molecular weight excluding hydrogens is 406 g/mol. The number of aromatic hydroxyl groups is 1. The van der Waals surface area contributed by atoms with Crippen LogP contribution < -0.4 is 9.64 Å². The molecule has 0 fully saturated rings. The highest BCUT2D eigenvalue weighted by Crippen LogP contribution is 2.37. The number of phenolic OH excluding ortho intramolecular Hbond substituents is 1. The maximum absolute atomic E-state index is 13.2. The first-order valence-electron chi connectivity index (χ1n) is 9.44. The van der Waals surface area contributed by atoms with Gasteiger partial charge in [0.1, 0.15) is 17.3 Å². The zero-order valence-corrected chi connectivity index (χ0v) is 18.2. The van der Waals surface area contributed by atoms with Crippen LogP contribution >= 0.6 is 11.6 Å². The number of phenols is 1. The van der Waals surface area contributed by atoms with Gasteiger partial charge in [0.15, 0.2) is 0 Å². The maximum Gasteiger partial charge on any atom is 0.258 e. The molecule has 158 valence electrons. The Labute approximate surface area is 180 Å². The van der Waals surface area contributed by atoms with Gasteiger partial charge in [0.05, 0.1) is 29.9 Å². The Bertz CT molecular complexity index is 1050. The number of pyridine rings is 1. The Morgan fingerprint density at radius 2 is 2.07 bits per heavy atom. The summed E-state index contributed by atoms with van der Waals surface area (Å²) < 4.78 is 5.14. The number of likely N-dealkylation sites (N-methyl/N-ethyl adjacent to an activating group) is 1. The number of halogens is 1. The van der Waals surface area contributed by atoms with Gasteiger partial charge in [0.25, 0.3) is 11.8 Å². The molecule has 8 heteroatoms. The molecule has 30 heavy (non-hydrogen) atoms. The number of aromatic nitrogens is 1. The SMILES string of the molecule is C=CC(=O)N(C)c1nc2c(cc1C)CCN(C(=O)c1c(O)cc(OC)c(Cl)c1C)C2. The zero-order chi connectivity index (χ0) is 22.2. The minimum absolute atomic E-state index is 0.149. The predicted octanol–water partition coefficient (Wildman–Crippen LogP) is 3.41. The van der Waals surface area contributed by atoms with Crippen molar-refractivity contribution in [3.63, 3.8) is 0 Å². The largest absolute Gasteiger partial charge is 0.507 e. The Kier molecular flexibility index (Phi) is 6.03. The number of ether oxygens (including phenoxy) is 1. The number of hydrogen-bond donors (Lipinski definition) is 1. The molecule has 3 rings (SSSR count). The average molecular weight is 430 g/mol. The summed E-state index contributed by atoms with van der Waals surface area (Å²) in [6.07, 6.45) is 1.85. The quantitative estimate of drug-likeness (QED) is 0.753. The molecule has 1 aromatic heterocycles. The second-order valence-electron chi connectivity index (χ2n) is 7.22. The molecule has 0 saturated carbocycles. The summed E-state index contributed by atoms with van der Waals surface area (Å²) in [5.74, 6) is 0.0594. The number of benzene rings is 1. The average Bonchev–Trinajstić information content (AvgIpc) is 2.74. The first kappa shape index (κ1) is 21.6. The van der Waals surface area contributed by atoms with Gasteiger partial charge in [-0.05, 0) is 43.0 Å². The third kappa shape index (κ3) is 3.73. The zero-order valence-electron chi connectivity index (χ0n) is 17.5. The molecule has 2 heterocycles. The van der Waals surface area contributed by atoms with Crippen molar-refractivity contribution < 1.29 is 19.4 Å². The summed E-state index contributed by atoms with van der Waals surface area (Å²) in [5.41, 5.74) is 3.24. The van der Waals surface area contributed by atoms with Gasteiger partial charge in [0, 0.05) is 19.7 Å². The van der Waals surface area contributed by atoms with Crippen molar-refractivity contribution in [1.82, 2.24) is 9.88 Å². The van der Waals surface area contributed by atoms with Crippen LogP contribution in [0.3, 0.4) is 0 Å². The smallest absolute Gasteiger partial charge is 0.258 e. The van der Waals surface area contributed by atoms with Gasteiger partial charge in [-0.3, -0.25) is 14.5 Å². The van der Waals surface area contributed by atoms with E-state index >= 15 is 0 Å². The van der Waals surface area contributed by atoms with Crippen LogP contribution in [0, 0.1) is 13.8 Å². The number of carbonyl (C=O) groups excluding carboxylic acids is 2. The van der Waals surface area contributed by atoms with E-state index in [4.69, 9.17) is 16.3 Å². The van der Waals surface area contributed by atoms with E-state index in [2.05, 4.69) is 11.6 Å². The molecule has 0 spiro atoms. The van der Waals surface area contributed by atoms with Crippen molar-refractivity contribution in [2.75, 3.05) is 25.6 Å². The molecule has 1 aliphatic heterocycles. The van der Waals surface area contributed by atoms with Gasteiger partial charge in [-0.15, -0.1) is 0 Å². The highest BCUT2D eigenvalue weighted by molar-refractivity contribution is 6.33. The summed E-state index contributed by atoms with van der Waals surface area (Å²) in [4.78, 5) is 32.9. The number of amides is 2. The Balaban J connectivity index is 1.95. The maximum atomic E-state index is 13.2. The van der Waals surface area contributed by atoms with Crippen LogP contribution in [0.25, 0.3) is 0 Å². The van der Waals surface area contributed by atoms with Crippen molar-refractivity contribution in [2.45, 2.75) is 26.8 Å². The number of aryl methyl sites for hydroxylation is 1. The van der Waals surface area contributed by atoms with Crippen LogP contribution in [-0.4, -0.2) is 47.5 Å². The van der Waals surface area contributed by atoms with E-state index < -0.39 is 0 Å². The Morgan fingerprint density at radius 1 is 1.37 bits per heavy atom. The minimum Gasteiger partial charge on any atom is -0.507 e. The second kappa shape index (κ2) is 8.36. The second-order valence-corrected chi connectivity index (χ2v) is 7.60. The topological polar surface area (TPSA) is 83.0 Å². The fourth-order valence-electron chi connectivity index (χ4n) is 3.64. The highest BCUT2D eigenvalue weighted by Gasteiger charge is 2.29. The fraction of sp³-hybridized carbons (Fsp3) is 0.318. The first-order chi connectivity index (χ1) is 14.2. The predicted molar refractivity (Wildman–Crippen MR) is 115 cm³/mol. The summed E-state index contributed by atoms with van der Waals surface area (Å²) in [7, 11) is 3.08. The Morgan fingerprint density at radius 3 is 2.70 bits per heavy atom. The van der Waals surface area contributed by atoms with Gasteiger partial charge >= 0.3 is 0 Å². The molecular formula is C22H24ClN3O4. The van der Waals surface area contributed by atoms with Gasteiger partial charge in [0.2, 0.25) is 0 Å². The van der Waals surface area contributed by atoms with E-state index in [1.165, 1.54) is 24.2 Å². The normalized spacial score (nSPS) is 12.9. The number of methoxy groups -OCH3 is 1. The van der Waals surface area contributed by atoms with Crippen LogP contribution in [0.5, 0.6) is 11.5 Å². The lowest BCUT2D eigenvalue weighted by Crippen LogP contribution is -2.37. The molecule has 7 nitrogen and oxygen atoms in total. The third-order valence-electron chi connectivity index (χ3n) is 5.34. The molecule has 0 atom stereocenters. The molecule has 0 unspecified atom stereocenters. The van der Waals surface area contributed by atoms with Gasteiger partial charge in [-0.1, -0.05) is 24.2 Å². The van der Waals surface area contributed by atoms with Crippen LogP contribution in [-0.2, 0) is 17.8 Å². The molecule has 1 aliphatic rings. The van der Waals surface area contributed by atoms with Gasteiger partial charge < -0.3 is 14.7 Å². The highest BCUT2D eigenvalue weighted by atomic mass is 35.5. The number of hydrogen-bond acceptors (Lipinski definition) is 5. The lowest BCUT2D eigenvalue weighted by atomic mass is 10.00. The summed E-state index contributed by atoms with van der Waals surface area (Å²) in [6, 6.07) is 3.34. The van der Waals surface area contributed by atoms with Crippen molar-refractivity contribution >= 4 is 29.2 Å². The lowest BCUT2D eigenvalue weighted by molar-refractivity contribution is -0.113. The molecule has 0 bridgehead atoms.